The van der Waals surface area contributed by atoms with Crippen LogP contribution in [-0.2, 0) is 20.8 Å². The lowest BCUT2D eigenvalue weighted by Gasteiger charge is -2.30. The maximum Gasteiger partial charge on any atom is 0.303 e. The van der Waals surface area contributed by atoms with Gasteiger partial charge in [-0.05, 0) is 37.7 Å². The topological polar surface area (TPSA) is 74.7 Å². The first kappa shape index (κ1) is 22.1. The first-order valence-corrected chi connectivity index (χ1v) is 10.6. The number of carbonyl (C=O) groups is 3. The third kappa shape index (κ3) is 8.24. The van der Waals surface area contributed by atoms with E-state index in [1.165, 1.54) is 0 Å². The first-order valence-electron chi connectivity index (χ1n) is 10.6. The zero-order valence-electron chi connectivity index (χ0n) is 16.8. The number of amides is 1. The zero-order chi connectivity index (χ0) is 20.2. The lowest BCUT2D eigenvalue weighted by atomic mass is 9.99. The van der Waals surface area contributed by atoms with Gasteiger partial charge in [-0.2, -0.15) is 0 Å². The smallest absolute Gasteiger partial charge is 0.303 e. The van der Waals surface area contributed by atoms with E-state index in [0.29, 0.717) is 25.7 Å². The van der Waals surface area contributed by atoms with Crippen LogP contribution in [-0.4, -0.2) is 40.3 Å². The SMILES string of the molecule is O=C(O)CCCCCCN1C(=O)CCCCC1CCC(=O)Cc1ccccc1. The van der Waals surface area contributed by atoms with Crippen LogP contribution in [0.4, 0.5) is 0 Å². The molecule has 1 amide bonds. The number of carboxylic acids is 1. The molecule has 1 heterocycles. The molecule has 1 N–H and O–H groups in total. The van der Waals surface area contributed by atoms with Crippen LogP contribution in [0.5, 0.6) is 0 Å². The van der Waals surface area contributed by atoms with Gasteiger partial charge in [-0.1, -0.05) is 49.6 Å². The molecule has 1 saturated heterocycles. The summed E-state index contributed by atoms with van der Waals surface area (Å²) in [4.78, 5) is 37.5. The number of benzene rings is 1. The van der Waals surface area contributed by atoms with Crippen LogP contribution in [0.1, 0.15) is 76.2 Å². The zero-order valence-corrected chi connectivity index (χ0v) is 16.8. The average molecular weight is 388 g/mol. The highest BCUT2D eigenvalue weighted by atomic mass is 16.4. The molecule has 1 aromatic rings. The third-order valence-corrected chi connectivity index (χ3v) is 5.48. The number of hydrogen-bond donors (Lipinski definition) is 1. The van der Waals surface area contributed by atoms with Gasteiger partial charge >= 0.3 is 5.97 Å². The van der Waals surface area contributed by atoms with Gasteiger partial charge in [-0.3, -0.25) is 14.4 Å². The van der Waals surface area contributed by atoms with Crippen LogP contribution in [0.3, 0.4) is 0 Å². The van der Waals surface area contributed by atoms with Crippen molar-refractivity contribution in [2.24, 2.45) is 0 Å². The fraction of sp³-hybridized carbons (Fsp3) is 0.609. The fourth-order valence-corrected chi connectivity index (χ4v) is 3.92. The number of aliphatic carboxylic acids is 1. The van der Waals surface area contributed by atoms with Crippen LogP contribution in [0.2, 0.25) is 0 Å². The standard InChI is InChI=1S/C23H33NO4/c25-21(18-19-10-4-3-5-11-19)16-15-20-12-7-8-13-22(26)24(20)17-9-2-1-6-14-23(27)28/h3-5,10-11,20H,1-2,6-9,12-18H2,(H,27,28). The molecular weight excluding hydrogens is 354 g/mol. The molecule has 1 atom stereocenters. The Morgan fingerprint density at radius 2 is 1.75 bits per heavy atom. The summed E-state index contributed by atoms with van der Waals surface area (Å²) < 4.78 is 0. The van der Waals surface area contributed by atoms with Crippen molar-refractivity contribution < 1.29 is 19.5 Å². The summed E-state index contributed by atoms with van der Waals surface area (Å²) in [6.07, 6.45) is 8.92. The maximum atomic E-state index is 12.5. The molecule has 5 heteroatoms. The van der Waals surface area contributed by atoms with Crippen molar-refractivity contribution >= 4 is 17.7 Å². The number of unbranched alkanes of at least 4 members (excludes halogenated alkanes) is 3. The van der Waals surface area contributed by atoms with Gasteiger partial charge in [0.25, 0.3) is 0 Å². The molecule has 1 unspecified atom stereocenters. The van der Waals surface area contributed by atoms with E-state index in [1.54, 1.807) is 0 Å². The molecule has 1 aliphatic rings. The van der Waals surface area contributed by atoms with E-state index in [2.05, 4.69) is 0 Å². The van der Waals surface area contributed by atoms with E-state index < -0.39 is 5.97 Å². The largest absolute Gasteiger partial charge is 0.481 e. The Hall–Kier alpha value is -2.17. The van der Waals surface area contributed by atoms with Crippen LogP contribution < -0.4 is 0 Å². The maximum absolute atomic E-state index is 12.5. The van der Waals surface area contributed by atoms with Crippen molar-refractivity contribution in [2.45, 2.75) is 83.1 Å². The Kier molecular flexibility index (Phi) is 9.73. The second-order valence-corrected chi connectivity index (χ2v) is 7.78. The van der Waals surface area contributed by atoms with Gasteiger partial charge in [0.15, 0.2) is 0 Å². The molecular formula is C23H33NO4. The molecule has 154 valence electrons. The van der Waals surface area contributed by atoms with Gasteiger partial charge in [0, 0.05) is 38.3 Å². The molecule has 0 radical (unpaired) electrons. The van der Waals surface area contributed by atoms with E-state index >= 15 is 0 Å². The summed E-state index contributed by atoms with van der Waals surface area (Å²) in [5, 5.41) is 8.69. The minimum atomic E-state index is -0.747. The lowest BCUT2D eigenvalue weighted by molar-refractivity contribution is -0.137. The normalized spacial score (nSPS) is 17.4. The second-order valence-electron chi connectivity index (χ2n) is 7.78. The molecule has 28 heavy (non-hydrogen) atoms. The van der Waals surface area contributed by atoms with Gasteiger partial charge in [-0.15, -0.1) is 0 Å². The van der Waals surface area contributed by atoms with E-state index in [0.717, 1.165) is 57.1 Å². The van der Waals surface area contributed by atoms with E-state index in [9.17, 15) is 14.4 Å². The molecule has 1 fully saturated rings. The van der Waals surface area contributed by atoms with E-state index in [1.807, 2.05) is 35.2 Å². The first-order chi connectivity index (χ1) is 13.6. The van der Waals surface area contributed by atoms with Crippen LogP contribution in [0.25, 0.3) is 0 Å². The quantitative estimate of drug-likeness (QED) is 0.540. The van der Waals surface area contributed by atoms with Crippen molar-refractivity contribution in [3.05, 3.63) is 35.9 Å². The highest BCUT2D eigenvalue weighted by Crippen LogP contribution is 2.23. The third-order valence-electron chi connectivity index (χ3n) is 5.48. The Morgan fingerprint density at radius 1 is 1.00 bits per heavy atom. The number of likely N-dealkylation sites (tertiary alicyclic amines) is 1. The molecule has 0 saturated carbocycles. The number of rotatable bonds is 12. The lowest BCUT2D eigenvalue weighted by Crippen LogP contribution is -2.40. The minimum absolute atomic E-state index is 0.161. The predicted octanol–water partition coefficient (Wildman–Crippen LogP) is 4.38. The summed E-state index contributed by atoms with van der Waals surface area (Å²) >= 11 is 0. The molecule has 5 nitrogen and oxygen atoms in total. The van der Waals surface area contributed by atoms with Gasteiger partial charge in [-0.25, -0.2) is 0 Å². The molecule has 1 aliphatic heterocycles. The number of nitrogens with zero attached hydrogens (tertiary/aromatic N) is 1. The van der Waals surface area contributed by atoms with Crippen LogP contribution >= 0.6 is 0 Å². The fourth-order valence-electron chi connectivity index (χ4n) is 3.92. The van der Waals surface area contributed by atoms with Crippen LogP contribution in [0, 0.1) is 0 Å². The molecule has 0 spiro atoms. The van der Waals surface area contributed by atoms with Gasteiger partial charge in [0.2, 0.25) is 5.91 Å². The van der Waals surface area contributed by atoms with Crippen LogP contribution in [0.15, 0.2) is 30.3 Å². The molecule has 0 aliphatic carbocycles. The Morgan fingerprint density at radius 3 is 2.50 bits per heavy atom. The summed E-state index contributed by atoms with van der Waals surface area (Å²) in [6, 6.07) is 9.96. The number of carbonyl (C=O) groups excluding carboxylic acids is 2. The monoisotopic (exact) mass is 387 g/mol. The molecule has 1 aromatic carbocycles. The Labute approximate surface area is 168 Å². The highest BCUT2D eigenvalue weighted by molar-refractivity contribution is 5.81. The molecule has 0 bridgehead atoms. The number of hydrogen-bond acceptors (Lipinski definition) is 3. The Bertz CT molecular complexity index is 629. The van der Waals surface area contributed by atoms with Gasteiger partial charge < -0.3 is 10.0 Å². The number of carboxylic acid groups (broad SMARTS) is 1. The predicted molar refractivity (Wildman–Crippen MR) is 109 cm³/mol. The second kappa shape index (κ2) is 12.3. The van der Waals surface area contributed by atoms with Crippen molar-refractivity contribution in [3.8, 4) is 0 Å². The Balaban J connectivity index is 1.78. The van der Waals surface area contributed by atoms with E-state index in [-0.39, 0.29) is 24.2 Å². The van der Waals surface area contributed by atoms with Crippen molar-refractivity contribution in [2.75, 3.05) is 6.54 Å². The minimum Gasteiger partial charge on any atom is -0.481 e. The van der Waals surface area contributed by atoms with Crippen molar-refractivity contribution in [1.82, 2.24) is 4.90 Å². The summed E-state index contributed by atoms with van der Waals surface area (Å²) in [5.74, 6) is -0.303. The van der Waals surface area contributed by atoms with E-state index in [4.69, 9.17) is 5.11 Å². The summed E-state index contributed by atoms with van der Waals surface area (Å²) in [7, 11) is 0. The van der Waals surface area contributed by atoms with Crippen molar-refractivity contribution in [3.63, 3.8) is 0 Å². The van der Waals surface area contributed by atoms with Gasteiger partial charge in [0.1, 0.15) is 5.78 Å². The summed E-state index contributed by atoms with van der Waals surface area (Å²) in [5.41, 5.74) is 1.04. The number of ketones is 1. The number of Topliss-reactive ketones (excluding diaryl/α,β-unsaturated/α-hetero) is 1. The average Bonchev–Trinajstić information content (AvgIpc) is 2.85. The van der Waals surface area contributed by atoms with Gasteiger partial charge in [0.05, 0.1) is 0 Å². The molecule has 2 rings (SSSR count). The van der Waals surface area contributed by atoms with Crippen molar-refractivity contribution in [1.29, 1.82) is 0 Å². The summed E-state index contributed by atoms with van der Waals surface area (Å²) in [6.45, 7) is 0.726. The molecule has 0 aromatic heterocycles. The highest BCUT2D eigenvalue weighted by Gasteiger charge is 2.26.